The fraction of sp³-hybridized carbons (Fsp3) is 0.533. The van der Waals surface area contributed by atoms with Crippen molar-refractivity contribution in [3.8, 4) is 0 Å². The van der Waals surface area contributed by atoms with Crippen molar-refractivity contribution in [2.24, 2.45) is 7.05 Å². The summed E-state index contributed by atoms with van der Waals surface area (Å²) in [6.07, 6.45) is 5.32. The quantitative estimate of drug-likeness (QED) is 0.892. The molecule has 2 fully saturated rings. The van der Waals surface area contributed by atoms with Gasteiger partial charge in [0.05, 0.1) is 11.0 Å². The fourth-order valence-electron chi connectivity index (χ4n) is 2.63. The second-order valence-electron chi connectivity index (χ2n) is 5.78. The van der Waals surface area contributed by atoms with E-state index in [4.69, 9.17) is 4.98 Å². The van der Waals surface area contributed by atoms with Crippen molar-refractivity contribution in [3.05, 3.63) is 29.6 Å². The van der Waals surface area contributed by atoms with E-state index in [0.29, 0.717) is 0 Å². The van der Waals surface area contributed by atoms with E-state index in [-0.39, 0.29) is 0 Å². The van der Waals surface area contributed by atoms with Crippen LogP contribution in [0.2, 0.25) is 0 Å². The van der Waals surface area contributed by atoms with Crippen LogP contribution in [0.25, 0.3) is 11.0 Å². The Morgan fingerprint density at radius 2 is 2.11 bits per heavy atom. The van der Waals surface area contributed by atoms with Crippen LogP contribution < -0.4 is 5.32 Å². The molecule has 18 heavy (non-hydrogen) atoms. The average molecular weight is 241 g/mol. The molecule has 0 amide bonds. The van der Waals surface area contributed by atoms with Gasteiger partial charge in [-0.2, -0.15) is 0 Å². The molecule has 2 aromatic rings. The number of aryl methyl sites for hydroxylation is 1. The number of hydrogen-bond donors (Lipinski definition) is 1. The lowest BCUT2D eigenvalue weighted by atomic mass is 10.2. The molecule has 3 nitrogen and oxygen atoms in total. The van der Waals surface area contributed by atoms with Gasteiger partial charge in [0.1, 0.15) is 5.82 Å². The van der Waals surface area contributed by atoms with Crippen molar-refractivity contribution in [2.75, 3.05) is 0 Å². The third-order valence-electron chi connectivity index (χ3n) is 4.09. The molecule has 1 aromatic carbocycles. The molecule has 2 saturated carbocycles. The van der Waals surface area contributed by atoms with Crippen LogP contribution in [0.5, 0.6) is 0 Å². The number of nitrogens with zero attached hydrogens (tertiary/aromatic N) is 2. The Hall–Kier alpha value is -1.35. The van der Waals surface area contributed by atoms with Crippen molar-refractivity contribution < 1.29 is 0 Å². The summed E-state index contributed by atoms with van der Waals surface area (Å²) < 4.78 is 2.27. The highest BCUT2D eigenvalue weighted by Gasteiger charge is 2.28. The van der Waals surface area contributed by atoms with Gasteiger partial charge < -0.3 is 9.88 Å². The fourth-order valence-corrected chi connectivity index (χ4v) is 2.63. The molecule has 0 radical (unpaired) electrons. The van der Waals surface area contributed by atoms with E-state index in [1.807, 2.05) is 0 Å². The molecule has 0 unspecified atom stereocenters. The van der Waals surface area contributed by atoms with Gasteiger partial charge in [-0.3, -0.25) is 0 Å². The summed E-state index contributed by atoms with van der Waals surface area (Å²) in [6, 6.07) is 7.47. The standard InChI is InChI=1S/C15H19N3/c1-18-14-7-2-10(9-16-12-5-6-12)8-13(14)17-15(18)11-3-4-11/h2,7-8,11-12,16H,3-6,9H2,1H3. The third kappa shape index (κ3) is 1.83. The smallest absolute Gasteiger partial charge is 0.112 e. The summed E-state index contributed by atoms with van der Waals surface area (Å²) in [4.78, 5) is 4.81. The Balaban J connectivity index is 1.66. The number of benzene rings is 1. The summed E-state index contributed by atoms with van der Waals surface area (Å²) in [5.74, 6) is 1.99. The Kier molecular flexibility index (Phi) is 2.24. The molecule has 1 aromatic heterocycles. The van der Waals surface area contributed by atoms with E-state index in [2.05, 4.69) is 35.1 Å². The molecular weight excluding hydrogens is 222 g/mol. The zero-order valence-electron chi connectivity index (χ0n) is 10.8. The van der Waals surface area contributed by atoms with Crippen LogP contribution >= 0.6 is 0 Å². The lowest BCUT2D eigenvalue weighted by Crippen LogP contribution is -2.15. The zero-order chi connectivity index (χ0) is 12.1. The van der Waals surface area contributed by atoms with Crippen LogP contribution in [0.15, 0.2) is 18.2 Å². The van der Waals surface area contributed by atoms with E-state index in [1.54, 1.807) is 0 Å². The molecule has 2 aliphatic rings. The molecule has 0 bridgehead atoms. The summed E-state index contributed by atoms with van der Waals surface area (Å²) in [5, 5.41) is 3.56. The highest BCUT2D eigenvalue weighted by Crippen LogP contribution is 2.40. The zero-order valence-corrected chi connectivity index (χ0v) is 10.8. The highest BCUT2D eigenvalue weighted by molar-refractivity contribution is 5.77. The lowest BCUT2D eigenvalue weighted by Gasteiger charge is -2.03. The monoisotopic (exact) mass is 241 g/mol. The SMILES string of the molecule is Cn1c(C2CC2)nc2cc(CNC3CC3)ccc21. The van der Waals surface area contributed by atoms with E-state index < -0.39 is 0 Å². The number of aromatic nitrogens is 2. The van der Waals surface area contributed by atoms with E-state index in [0.717, 1.165) is 24.0 Å². The van der Waals surface area contributed by atoms with Crippen LogP contribution in [0.4, 0.5) is 0 Å². The minimum Gasteiger partial charge on any atom is -0.331 e. The topological polar surface area (TPSA) is 29.9 Å². The van der Waals surface area contributed by atoms with Gasteiger partial charge in [-0.25, -0.2) is 4.98 Å². The van der Waals surface area contributed by atoms with Gasteiger partial charge in [0.15, 0.2) is 0 Å². The normalized spacial score (nSPS) is 19.6. The van der Waals surface area contributed by atoms with Gasteiger partial charge in [-0.05, 0) is 43.4 Å². The van der Waals surface area contributed by atoms with Crippen molar-refractivity contribution in [3.63, 3.8) is 0 Å². The van der Waals surface area contributed by atoms with Gasteiger partial charge in [0.2, 0.25) is 0 Å². The Morgan fingerprint density at radius 1 is 1.28 bits per heavy atom. The third-order valence-corrected chi connectivity index (χ3v) is 4.09. The lowest BCUT2D eigenvalue weighted by molar-refractivity contribution is 0.688. The molecule has 2 aliphatic carbocycles. The van der Waals surface area contributed by atoms with Crippen LogP contribution in [-0.2, 0) is 13.6 Å². The first-order valence-corrected chi connectivity index (χ1v) is 7.00. The Labute approximate surface area is 107 Å². The van der Waals surface area contributed by atoms with Gasteiger partial charge in [-0.1, -0.05) is 6.07 Å². The van der Waals surface area contributed by atoms with Gasteiger partial charge in [-0.15, -0.1) is 0 Å². The summed E-state index contributed by atoms with van der Waals surface area (Å²) in [6.45, 7) is 0.982. The van der Waals surface area contributed by atoms with E-state index in [9.17, 15) is 0 Å². The molecule has 4 rings (SSSR count). The molecular formula is C15H19N3. The Morgan fingerprint density at radius 3 is 2.83 bits per heavy atom. The van der Waals surface area contributed by atoms with Crippen LogP contribution in [0.3, 0.4) is 0 Å². The summed E-state index contributed by atoms with van der Waals surface area (Å²) in [5.41, 5.74) is 3.79. The number of imidazole rings is 1. The molecule has 0 spiro atoms. The first-order chi connectivity index (χ1) is 8.81. The molecule has 0 saturated heterocycles. The second-order valence-corrected chi connectivity index (χ2v) is 5.78. The first kappa shape index (κ1) is 10.6. The minimum absolute atomic E-state index is 0.718. The van der Waals surface area contributed by atoms with Gasteiger partial charge >= 0.3 is 0 Å². The molecule has 94 valence electrons. The molecule has 1 N–H and O–H groups in total. The van der Waals surface area contributed by atoms with Crippen molar-refractivity contribution in [2.45, 2.75) is 44.2 Å². The van der Waals surface area contributed by atoms with Gasteiger partial charge in [0.25, 0.3) is 0 Å². The maximum atomic E-state index is 4.81. The largest absolute Gasteiger partial charge is 0.331 e. The maximum absolute atomic E-state index is 4.81. The summed E-state index contributed by atoms with van der Waals surface area (Å²) >= 11 is 0. The average Bonchev–Trinajstić information content (AvgIpc) is 3.26. The number of fused-ring (bicyclic) bond motifs is 1. The number of hydrogen-bond acceptors (Lipinski definition) is 2. The van der Waals surface area contributed by atoms with Crippen molar-refractivity contribution in [1.29, 1.82) is 0 Å². The van der Waals surface area contributed by atoms with Gasteiger partial charge in [0, 0.05) is 25.6 Å². The van der Waals surface area contributed by atoms with E-state index in [1.165, 1.54) is 42.6 Å². The molecule has 1 heterocycles. The first-order valence-electron chi connectivity index (χ1n) is 7.00. The predicted molar refractivity (Wildman–Crippen MR) is 72.6 cm³/mol. The highest BCUT2D eigenvalue weighted by atomic mass is 15.1. The number of nitrogens with one attached hydrogen (secondary N) is 1. The second kappa shape index (κ2) is 3.82. The Bertz CT molecular complexity index is 591. The minimum atomic E-state index is 0.718. The van der Waals surface area contributed by atoms with Crippen LogP contribution in [0, 0.1) is 0 Å². The summed E-state index contributed by atoms with van der Waals surface area (Å²) in [7, 11) is 2.14. The number of rotatable bonds is 4. The van der Waals surface area contributed by atoms with Crippen LogP contribution in [-0.4, -0.2) is 15.6 Å². The van der Waals surface area contributed by atoms with Crippen molar-refractivity contribution >= 4 is 11.0 Å². The molecule has 3 heteroatoms. The van der Waals surface area contributed by atoms with Crippen molar-refractivity contribution in [1.82, 2.24) is 14.9 Å². The molecule has 0 aliphatic heterocycles. The maximum Gasteiger partial charge on any atom is 0.112 e. The van der Waals surface area contributed by atoms with Crippen LogP contribution in [0.1, 0.15) is 43.0 Å². The van der Waals surface area contributed by atoms with E-state index >= 15 is 0 Å². The molecule has 0 atom stereocenters. The predicted octanol–water partition coefficient (Wildman–Crippen LogP) is 2.70.